The zero-order valence-corrected chi connectivity index (χ0v) is 15.2. The second-order valence-corrected chi connectivity index (χ2v) is 5.99. The molecule has 0 fully saturated rings. The third kappa shape index (κ3) is 4.24. The van der Waals surface area contributed by atoms with Gasteiger partial charge in [-0.15, -0.1) is 0 Å². The van der Waals surface area contributed by atoms with Crippen LogP contribution in [0, 0.1) is 23.3 Å². The molecule has 30 heavy (non-hydrogen) atoms. The Morgan fingerprint density at radius 3 is 2.20 bits per heavy atom. The minimum Gasteiger partial charge on any atom is -0.494 e. The van der Waals surface area contributed by atoms with Crippen LogP contribution in [0.3, 0.4) is 0 Å². The molecule has 0 radical (unpaired) electrons. The van der Waals surface area contributed by atoms with E-state index in [1.165, 1.54) is 0 Å². The zero-order valence-electron chi connectivity index (χ0n) is 15.2. The monoisotopic (exact) mass is 426 g/mol. The van der Waals surface area contributed by atoms with Crippen LogP contribution in [0.25, 0.3) is 16.8 Å². The molecule has 0 saturated heterocycles. The number of carbonyl (C=O) groups excluding carboxylic acids is 1. The van der Waals surface area contributed by atoms with Crippen LogP contribution < -0.4 is 9.47 Å². The molecule has 3 nitrogen and oxygen atoms in total. The molecule has 3 aromatic rings. The summed E-state index contributed by atoms with van der Waals surface area (Å²) in [5.74, 6) is -6.70. The first-order valence-electron chi connectivity index (χ1n) is 8.49. The van der Waals surface area contributed by atoms with E-state index in [0.717, 1.165) is 36.4 Å². The molecule has 0 aromatic heterocycles. The van der Waals surface area contributed by atoms with Gasteiger partial charge in [-0.1, -0.05) is 0 Å². The van der Waals surface area contributed by atoms with Gasteiger partial charge >= 0.3 is 5.97 Å². The van der Waals surface area contributed by atoms with E-state index in [2.05, 4.69) is 0 Å². The van der Waals surface area contributed by atoms with Gasteiger partial charge in [0, 0.05) is 23.6 Å². The van der Waals surface area contributed by atoms with Crippen molar-refractivity contribution in [3.63, 3.8) is 0 Å². The van der Waals surface area contributed by atoms with E-state index in [1.807, 2.05) is 0 Å². The lowest BCUT2D eigenvalue weighted by Crippen LogP contribution is -2.13. The summed E-state index contributed by atoms with van der Waals surface area (Å²) in [5.41, 5.74) is -1.90. The lowest BCUT2D eigenvalue weighted by Gasteiger charge is -2.10. The molecule has 0 aliphatic rings. The lowest BCUT2D eigenvalue weighted by atomic mass is 10.0. The maximum atomic E-state index is 14.3. The van der Waals surface area contributed by atoms with Crippen LogP contribution in [-0.2, 0) is 0 Å². The van der Waals surface area contributed by atoms with Crippen molar-refractivity contribution in [2.75, 3.05) is 6.61 Å². The molecule has 0 heterocycles. The molecule has 0 aliphatic carbocycles. The lowest BCUT2D eigenvalue weighted by molar-refractivity contribution is 0.0724. The number of ether oxygens (including phenoxy) is 2. The van der Waals surface area contributed by atoms with E-state index in [0.29, 0.717) is 0 Å². The molecule has 0 aliphatic heterocycles. The molecular formula is C21H12F6O3. The van der Waals surface area contributed by atoms with E-state index in [1.54, 1.807) is 6.92 Å². The fraction of sp³-hybridized carbons (Fsp3) is 0.0952. The number of benzene rings is 3. The summed E-state index contributed by atoms with van der Waals surface area (Å²) in [5, 5.41) is -0.332. The van der Waals surface area contributed by atoms with Gasteiger partial charge in [0.25, 0.3) is 6.08 Å². The van der Waals surface area contributed by atoms with Crippen LogP contribution in [0.1, 0.15) is 22.8 Å². The highest BCUT2D eigenvalue weighted by Gasteiger charge is 2.22. The van der Waals surface area contributed by atoms with Crippen LogP contribution in [0.15, 0.2) is 42.5 Å². The third-order valence-corrected chi connectivity index (χ3v) is 4.03. The van der Waals surface area contributed by atoms with Gasteiger partial charge in [-0.05, 0) is 36.6 Å². The maximum absolute atomic E-state index is 14.3. The average molecular weight is 426 g/mol. The number of esters is 1. The van der Waals surface area contributed by atoms with E-state index in [-0.39, 0.29) is 35.0 Å². The van der Waals surface area contributed by atoms with Crippen LogP contribution >= 0.6 is 0 Å². The van der Waals surface area contributed by atoms with Gasteiger partial charge in [-0.25, -0.2) is 22.4 Å². The molecule has 3 rings (SSSR count). The van der Waals surface area contributed by atoms with Crippen LogP contribution in [0.4, 0.5) is 26.3 Å². The second kappa shape index (κ2) is 8.48. The normalized spacial score (nSPS) is 10.8. The maximum Gasteiger partial charge on any atom is 0.349 e. The number of hydrogen-bond acceptors (Lipinski definition) is 3. The zero-order chi connectivity index (χ0) is 22.0. The molecule has 0 atom stereocenters. The van der Waals surface area contributed by atoms with Crippen LogP contribution in [-0.4, -0.2) is 12.6 Å². The smallest absolute Gasteiger partial charge is 0.349 e. The Hall–Kier alpha value is -3.49. The van der Waals surface area contributed by atoms with Gasteiger partial charge in [-0.2, -0.15) is 8.78 Å². The largest absolute Gasteiger partial charge is 0.494 e. The highest BCUT2D eigenvalue weighted by atomic mass is 19.3. The fourth-order valence-electron chi connectivity index (χ4n) is 2.78. The molecule has 156 valence electrons. The number of carbonyl (C=O) groups is 1. The van der Waals surface area contributed by atoms with Crippen molar-refractivity contribution in [2.24, 2.45) is 0 Å². The minimum absolute atomic E-state index is 0.0511. The Balaban J connectivity index is 1.95. The van der Waals surface area contributed by atoms with Gasteiger partial charge in [-0.3, -0.25) is 0 Å². The summed E-state index contributed by atoms with van der Waals surface area (Å²) in [7, 11) is 0. The van der Waals surface area contributed by atoms with Crippen molar-refractivity contribution in [3.8, 4) is 11.5 Å². The molecule has 3 aromatic carbocycles. The van der Waals surface area contributed by atoms with Crippen molar-refractivity contribution in [1.82, 2.24) is 0 Å². The topological polar surface area (TPSA) is 35.5 Å². The van der Waals surface area contributed by atoms with E-state index in [9.17, 15) is 31.1 Å². The van der Waals surface area contributed by atoms with Crippen LogP contribution in [0.5, 0.6) is 11.5 Å². The summed E-state index contributed by atoms with van der Waals surface area (Å²) in [4.78, 5) is 12.2. The minimum atomic E-state index is -2.28. The second-order valence-electron chi connectivity index (χ2n) is 5.99. The van der Waals surface area contributed by atoms with Crippen molar-refractivity contribution < 1.29 is 40.6 Å². The summed E-state index contributed by atoms with van der Waals surface area (Å²) < 4.78 is 91.2. The third-order valence-electron chi connectivity index (χ3n) is 4.03. The first-order chi connectivity index (χ1) is 14.2. The molecule has 0 bridgehead atoms. The van der Waals surface area contributed by atoms with Gasteiger partial charge in [0.1, 0.15) is 40.3 Å². The Bertz CT molecular complexity index is 1150. The van der Waals surface area contributed by atoms with Gasteiger partial charge in [0.05, 0.1) is 12.2 Å². The number of rotatable bonds is 5. The summed E-state index contributed by atoms with van der Waals surface area (Å²) >= 11 is 0. The van der Waals surface area contributed by atoms with E-state index >= 15 is 0 Å². The molecule has 0 unspecified atom stereocenters. The molecule has 0 amide bonds. The van der Waals surface area contributed by atoms with E-state index in [4.69, 9.17) is 9.47 Å². The molecule has 0 N–H and O–H groups in total. The van der Waals surface area contributed by atoms with Crippen molar-refractivity contribution in [2.45, 2.75) is 6.92 Å². The number of hydrogen-bond donors (Lipinski definition) is 0. The fourth-order valence-corrected chi connectivity index (χ4v) is 2.78. The van der Waals surface area contributed by atoms with E-state index < -0.39 is 46.4 Å². The van der Waals surface area contributed by atoms with Crippen molar-refractivity contribution in [3.05, 3.63) is 76.9 Å². The summed E-state index contributed by atoms with van der Waals surface area (Å²) in [6.07, 6.45) is -2.23. The van der Waals surface area contributed by atoms with Gasteiger partial charge in [0.2, 0.25) is 0 Å². The quantitative estimate of drug-likeness (QED) is 0.275. The average Bonchev–Trinajstić information content (AvgIpc) is 2.64. The molecule has 9 heteroatoms. The van der Waals surface area contributed by atoms with Gasteiger partial charge in [0.15, 0.2) is 0 Å². The Morgan fingerprint density at radius 2 is 1.60 bits per heavy atom. The first kappa shape index (κ1) is 21.2. The predicted octanol–water partition coefficient (Wildman–Crippen LogP) is 6.25. The van der Waals surface area contributed by atoms with Crippen molar-refractivity contribution >= 4 is 22.8 Å². The Kier molecular flexibility index (Phi) is 6.00. The van der Waals surface area contributed by atoms with Crippen molar-refractivity contribution in [1.29, 1.82) is 0 Å². The Labute approximate surface area is 166 Å². The number of fused-ring (bicyclic) bond motifs is 1. The Morgan fingerprint density at radius 1 is 0.933 bits per heavy atom. The molecule has 0 saturated carbocycles. The summed E-state index contributed by atoms with van der Waals surface area (Å²) in [6.45, 7) is 1.76. The van der Waals surface area contributed by atoms with Gasteiger partial charge < -0.3 is 9.47 Å². The highest BCUT2D eigenvalue weighted by Crippen LogP contribution is 2.30. The first-order valence-corrected chi connectivity index (χ1v) is 8.49. The SMILES string of the molecule is CCOc1cc(F)c(C(=O)Oc2ccc3c(F)c(C=C(F)F)c(F)cc3c2)c(F)c1. The van der Waals surface area contributed by atoms with Crippen LogP contribution in [0.2, 0.25) is 0 Å². The number of halogens is 6. The standard InChI is InChI=1S/C21H12F6O3/c1-2-29-12-7-16(23)19(17(24)8-12)21(28)30-11-3-4-13-10(5-11)6-15(22)14(20(13)27)9-18(25)26/h3-9H,2H2,1H3. The molecule has 0 spiro atoms. The molecular weight excluding hydrogens is 414 g/mol. The predicted molar refractivity (Wildman–Crippen MR) is 96.5 cm³/mol. The summed E-state index contributed by atoms with van der Waals surface area (Å²) in [6, 6.07) is 5.56. The highest BCUT2D eigenvalue weighted by molar-refractivity contribution is 5.93.